The van der Waals surface area contributed by atoms with Gasteiger partial charge in [-0.25, -0.2) is 0 Å². The maximum atomic E-state index is 9.00. The fourth-order valence-electron chi connectivity index (χ4n) is 1.56. The van der Waals surface area contributed by atoms with Gasteiger partial charge < -0.3 is 5.11 Å². The summed E-state index contributed by atoms with van der Waals surface area (Å²) in [6, 6.07) is 0. The first-order valence-electron chi connectivity index (χ1n) is 6.84. The topological polar surface area (TPSA) is 37.3 Å². The van der Waals surface area contributed by atoms with Crippen LogP contribution < -0.4 is 0 Å². The van der Waals surface area contributed by atoms with Crippen LogP contribution in [0.3, 0.4) is 0 Å². The number of carboxylic acids is 1. The molecule has 2 nitrogen and oxygen atoms in total. The van der Waals surface area contributed by atoms with Crippen LogP contribution in [0.2, 0.25) is 0.515 Å². The van der Waals surface area contributed by atoms with Gasteiger partial charge in [0.05, 0.1) is 0 Å². The summed E-state index contributed by atoms with van der Waals surface area (Å²) >= 11 is 1.11. The van der Waals surface area contributed by atoms with E-state index < -0.39 is 5.97 Å². The third-order valence-electron chi connectivity index (χ3n) is 2.46. The monoisotopic (exact) mass is 254 g/mol. The summed E-state index contributed by atoms with van der Waals surface area (Å²) in [5.41, 5.74) is 0. The van der Waals surface area contributed by atoms with E-state index in [9.17, 15) is 0 Å². The van der Waals surface area contributed by atoms with Gasteiger partial charge >= 0.3 is 114 Å². The normalized spacial score (nSPS) is 9.50. The van der Waals surface area contributed by atoms with Crippen molar-refractivity contribution in [3.8, 4) is 0 Å². The molecule has 0 saturated heterocycles. The molecule has 0 aromatic rings. The summed E-state index contributed by atoms with van der Waals surface area (Å²) in [5, 5.41) is 7.42. The van der Waals surface area contributed by atoms with Crippen LogP contribution in [-0.4, -0.2) is 60.0 Å². The van der Waals surface area contributed by atoms with Gasteiger partial charge in [-0.2, -0.15) is 0 Å². The second kappa shape index (κ2) is 18.5. The molecule has 3 heteroatoms. The van der Waals surface area contributed by atoms with Crippen LogP contribution in [0, 0.1) is 0 Å². The quantitative estimate of drug-likeness (QED) is 0.495. The van der Waals surface area contributed by atoms with Gasteiger partial charge in [0.15, 0.2) is 0 Å². The van der Waals surface area contributed by atoms with Crippen molar-refractivity contribution in [1.29, 1.82) is 0 Å². The number of rotatable bonds is 9. The van der Waals surface area contributed by atoms with E-state index in [0.29, 0.717) is 0 Å². The molecule has 0 radical (unpaired) electrons. The van der Waals surface area contributed by atoms with Crippen molar-refractivity contribution in [3.05, 3.63) is 0 Å². The molecule has 0 atom stereocenters. The predicted molar refractivity (Wildman–Crippen MR) is 71.1 cm³/mol. The number of unbranched alkanes of at least 4 members (excludes halogenated alkanes) is 8. The van der Waals surface area contributed by atoms with E-state index in [1.807, 2.05) is 0 Å². The van der Waals surface area contributed by atoms with E-state index in [1.165, 1.54) is 57.8 Å². The van der Waals surface area contributed by atoms with Crippen molar-refractivity contribution in [2.75, 3.05) is 0 Å². The van der Waals surface area contributed by atoms with Crippen LogP contribution in [0.4, 0.5) is 0 Å². The minimum atomic E-state index is -0.833. The molecule has 0 spiro atoms. The van der Waals surface area contributed by atoms with Gasteiger partial charge in [0.1, 0.15) is 0 Å². The fraction of sp³-hybridized carbons (Fsp3) is 0.923. The molecule has 0 aromatic carbocycles. The Kier molecular flexibility index (Phi) is 22.4. The van der Waals surface area contributed by atoms with Gasteiger partial charge in [-0.05, 0) is 0 Å². The summed E-state index contributed by atoms with van der Waals surface area (Å²) in [6.07, 6.45) is 13.3. The number of hydrogen-bond acceptors (Lipinski definition) is 1. The van der Waals surface area contributed by atoms with Crippen molar-refractivity contribution in [1.82, 2.24) is 0 Å². The molecule has 1 N–H and O–H groups in total. The number of carboxylic acid groups (broad SMARTS) is 1. The Morgan fingerprint density at radius 2 is 1.25 bits per heavy atom. The fourth-order valence-corrected chi connectivity index (χ4v) is 2.34. The maximum absolute atomic E-state index is 9.00. The third kappa shape index (κ3) is 29.4. The van der Waals surface area contributed by atoms with Crippen LogP contribution >= 0.6 is 0 Å². The molecule has 0 amide bonds. The zero-order valence-corrected chi connectivity index (χ0v) is 14.5. The van der Waals surface area contributed by atoms with Gasteiger partial charge in [-0.15, -0.1) is 0 Å². The standard InChI is InChI=1S/C11H23.C2H4O2.K/c1-3-5-7-9-11-10-8-6-4-2;1-2(3)4;/h1,3-11H2,2H3;1H3,(H,3,4);. The molecule has 16 heavy (non-hydrogen) atoms. The zero-order valence-electron chi connectivity index (χ0n) is 11.4. The minimum absolute atomic E-state index is 0.833. The van der Waals surface area contributed by atoms with E-state index in [4.69, 9.17) is 9.90 Å². The Morgan fingerprint density at radius 3 is 1.56 bits per heavy atom. The molecule has 0 aromatic heterocycles. The number of hydrogen-bond donors (Lipinski definition) is 1. The molecule has 0 aliphatic heterocycles. The summed E-state index contributed by atoms with van der Waals surface area (Å²) in [5.74, 6) is -0.833. The van der Waals surface area contributed by atoms with Gasteiger partial charge in [-0.1, -0.05) is 0 Å². The summed E-state index contributed by atoms with van der Waals surface area (Å²) in [6.45, 7) is 3.37. The molecule has 0 aliphatic carbocycles. The number of carbonyl (C=O) groups is 1. The average molecular weight is 254 g/mol. The van der Waals surface area contributed by atoms with Crippen LogP contribution in [0.15, 0.2) is 0 Å². The molecule has 0 aliphatic rings. The molecule has 0 saturated carbocycles. The van der Waals surface area contributed by atoms with Crippen molar-refractivity contribution in [2.24, 2.45) is 0 Å². The first-order valence-corrected chi connectivity index (χ1v) is 9.05. The van der Waals surface area contributed by atoms with Crippen molar-refractivity contribution in [3.63, 3.8) is 0 Å². The Labute approximate surface area is 135 Å². The van der Waals surface area contributed by atoms with Crippen LogP contribution in [0.1, 0.15) is 71.6 Å². The van der Waals surface area contributed by atoms with Crippen LogP contribution in [0.25, 0.3) is 0 Å². The predicted octanol–water partition coefficient (Wildman–Crippen LogP) is 4.19. The molecule has 0 bridgehead atoms. The molecular formula is C13H27KO2. The average Bonchev–Trinajstić information content (AvgIpc) is 2.21. The second-order valence-corrected chi connectivity index (χ2v) is 5.91. The van der Waals surface area contributed by atoms with E-state index in [1.54, 1.807) is 0.515 Å². The van der Waals surface area contributed by atoms with E-state index in [-0.39, 0.29) is 0 Å². The number of aliphatic carboxylic acids is 1. The van der Waals surface area contributed by atoms with Crippen LogP contribution in [0.5, 0.6) is 0 Å². The van der Waals surface area contributed by atoms with E-state index >= 15 is 0 Å². The van der Waals surface area contributed by atoms with Crippen molar-refractivity contribution >= 4 is 54.9 Å². The Morgan fingerprint density at radius 1 is 0.938 bits per heavy atom. The molecule has 0 fully saturated rings. The summed E-state index contributed by atoms with van der Waals surface area (Å²) < 4.78 is 1.56. The van der Waals surface area contributed by atoms with Gasteiger partial charge in [0.2, 0.25) is 0 Å². The molecular weight excluding hydrogens is 227 g/mol. The second-order valence-electron chi connectivity index (χ2n) is 4.35. The Bertz CT molecular complexity index is 124. The third-order valence-corrected chi connectivity index (χ3v) is 3.56. The van der Waals surface area contributed by atoms with Gasteiger partial charge in [0.25, 0.3) is 5.97 Å². The Hall–Kier alpha value is 1.11. The summed E-state index contributed by atoms with van der Waals surface area (Å²) in [7, 11) is 0. The SMILES string of the molecule is CC(=O)O.CCCCCCCCCC[CH2][K]. The van der Waals surface area contributed by atoms with E-state index in [2.05, 4.69) is 6.92 Å². The van der Waals surface area contributed by atoms with Crippen molar-refractivity contribution < 1.29 is 9.90 Å². The summed E-state index contributed by atoms with van der Waals surface area (Å²) in [4.78, 5) is 9.00. The molecule has 0 unspecified atom stereocenters. The molecule has 0 rings (SSSR count). The Balaban J connectivity index is 0. The van der Waals surface area contributed by atoms with Crippen LogP contribution in [-0.2, 0) is 4.79 Å². The zero-order chi connectivity index (χ0) is 12.6. The van der Waals surface area contributed by atoms with Crippen molar-refractivity contribution in [2.45, 2.75) is 72.2 Å². The van der Waals surface area contributed by atoms with E-state index in [0.717, 1.165) is 55.9 Å². The van der Waals surface area contributed by atoms with Gasteiger partial charge in [-0.3, -0.25) is 4.79 Å². The molecule has 0 heterocycles. The van der Waals surface area contributed by atoms with Gasteiger partial charge in [0, 0.05) is 6.92 Å². The first kappa shape index (κ1) is 19.4. The first-order chi connectivity index (χ1) is 7.65. The molecule has 92 valence electrons.